The quantitative estimate of drug-likeness (QED) is 0.0811. The van der Waals surface area contributed by atoms with E-state index in [1.807, 2.05) is 0 Å². The van der Waals surface area contributed by atoms with Crippen molar-refractivity contribution in [3.63, 3.8) is 0 Å². The van der Waals surface area contributed by atoms with Crippen LogP contribution in [0.2, 0.25) is 0 Å². The van der Waals surface area contributed by atoms with Gasteiger partial charge < -0.3 is 24.3 Å². The fraction of sp³-hybridized carbons (Fsp3) is 0.286. The standard InChI is InChI=1S/C35H33N5O10S/c1-35(2,3)50-34(43)39-14-11-22-24-17-26(37-31(24)30(18-29(22)39)51(46,47)48)32(41)38-13-10-21-23-16-27(36-25(23)8-9-28(21)38)33(42)49-15-12-19-4-6-20(7-5-19)40(44)45/h4-9,16-18,36-37H,10-15H2,1-3H3,(H,46,47,48). The Morgan fingerprint density at radius 3 is 2.24 bits per heavy atom. The number of non-ortho nitro benzene ring substituents is 1. The van der Waals surface area contributed by atoms with E-state index in [0.29, 0.717) is 48.0 Å². The predicted molar refractivity (Wildman–Crippen MR) is 186 cm³/mol. The highest BCUT2D eigenvalue weighted by Crippen LogP contribution is 2.41. The second-order valence-corrected chi connectivity index (χ2v) is 14.8. The van der Waals surface area contributed by atoms with Gasteiger partial charge in [-0.15, -0.1) is 0 Å². The molecule has 0 radical (unpaired) electrons. The lowest BCUT2D eigenvalue weighted by Crippen LogP contribution is -2.35. The van der Waals surface area contributed by atoms with Crippen LogP contribution in [-0.4, -0.2) is 71.1 Å². The van der Waals surface area contributed by atoms with E-state index < -0.39 is 43.5 Å². The van der Waals surface area contributed by atoms with Crippen LogP contribution in [0.3, 0.4) is 0 Å². The fourth-order valence-corrected chi connectivity index (χ4v) is 7.36. The Labute approximate surface area is 291 Å². The molecule has 51 heavy (non-hydrogen) atoms. The van der Waals surface area contributed by atoms with Gasteiger partial charge in [0.2, 0.25) is 0 Å². The second kappa shape index (κ2) is 12.2. The van der Waals surface area contributed by atoms with Crippen LogP contribution >= 0.6 is 0 Å². The largest absolute Gasteiger partial charge is 0.461 e. The van der Waals surface area contributed by atoms with E-state index in [4.69, 9.17) is 9.47 Å². The van der Waals surface area contributed by atoms with Crippen molar-refractivity contribution in [3.05, 3.63) is 92.8 Å². The van der Waals surface area contributed by atoms with Gasteiger partial charge in [0.25, 0.3) is 21.7 Å². The number of nitrogens with one attached hydrogen (secondary N) is 2. The van der Waals surface area contributed by atoms with Crippen LogP contribution in [0, 0.1) is 10.1 Å². The first-order valence-corrected chi connectivity index (χ1v) is 17.6. The van der Waals surface area contributed by atoms with Gasteiger partial charge in [-0.3, -0.25) is 24.4 Å². The SMILES string of the molecule is CC(C)(C)OC(=O)N1CCc2c1cc(S(=O)(=O)O)c1[nH]c(C(=O)N3CCc4c3ccc3[nH]c(C(=O)OCCc5ccc([N+](=O)[O-])cc5)cc43)cc21. The first-order valence-electron chi connectivity index (χ1n) is 16.1. The summed E-state index contributed by atoms with van der Waals surface area (Å²) in [5.41, 5.74) is 3.42. The van der Waals surface area contributed by atoms with Gasteiger partial charge in [0.15, 0.2) is 0 Å². The summed E-state index contributed by atoms with van der Waals surface area (Å²) in [6.45, 7) is 5.77. The molecule has 0 saturated carbocycles. The van der Waals surface area contributed by atoms with E-state index in [9.17, 15) is 37.5 Å². The molecule has 0 aliphatic carbocycles. The van der Waals surface area contributed by atoms with Gasteiger partial charge in [-0.25, -0.2) is 9.59 Å². The third kappa shape index (κ3) is 6.27. The van der Waals surface area contributed by atoms with E-state index in [1.54, 1.807) is 62.1 Å². The van der Waals surface area contributed by atoms with Gasteiger partial charge in [-0.05, 0) is 80.6 Å². The third-order valence-corrected chi connectivity index (χ3v) is 9.85. The van der Waals surface area contributed by atoms with E-state index in [0.717, 1.165) is 16.5 Å². The first kappa shape index (κ1) is 33.7. The van der Waals surface area contributed by atoms with Crippen LogP contribution in [0.1, 0.15) is 58.4 Å². The number of fused-ring (bicyclic) bond motifs is 6. The third-order valence-electron chi connectivity index (χ3n) is 8.97. The monoisotopic (exact) mass is 715 g/mol. The highest BCUT2D eigenvalue weighted by molar-refractivity contribution is 7.86. The summed E-state index contributed by atoms with van der Waals surface area (Å²) < 4.78 is 46.2. The zero-order valence-corrected chi connectivity index (χ0v) is 28.6. The minimum atomic E-state index is -4.77. The highest BCUT2D eigenvalue weighted by Gasteiger charge is 2.35. The summed E-state index contributed by atoms with van der Waals surface area (Å²) in [6, 6.07) is 14.0. The van der Waals surface area contributed by atoms with Crippen LogP contribution in [-0.2, 0) is 38.9 Å². The number of hydrogen-bond donors (Lipinski definition) is 3. The molecule has 3 aromatic carbocycles. The number of hydrogen-bond acceptors (Lipinski definition) is 9. The number of esters is 1. The number of nitro groups is 1. The van der Waals surface area contributed by atoms with Crippen LogP contribution < -0.4 is 9.80 Å². The number of benzene rings is 3. The van der Waals surface area contributed by atoms with Crippen LogP contribution in [0.5, 0.6) is 0 Å². The van der Waals surface area contributed by atoms with Crippen molar-refractivity contribution in [1.29, 1.82) is 0 Å². The molecule has 0 fully saturated rings. The molecule has 0 spiro atoms. The van der Waals surface area contributed by atoms with E-state index >= 15 is 0 Å². The lowest BCUT2D eigenvalue weighted by Gasteiger charge is -2.25. The maximum Gasteiger partial charge on any atom is 0.414 e. The van der Waals surface area contributed by atoms with Crippen molar-refractivity contribution in [3.8, 4) is 0 Å². The zero-order chi connectivity index (χ0) is 36.4. The van der Waals surface area contributed by atoms with Crippen molar-refractivity contribution in [2.24, 2.45) is 0 Å². The Morgan fingerprint density at radius 1 is 0.902 bits per heavy atom. The summed E-state index contributed by atoms with van der Waals surface area (Å²) in [6.07, 6.45) is 0.585. The molecule has 0 unspecified atom stereocenters. The van der Waals surface area contributed by atoms with Crippen molar-refractivity contribution in [2.45, 2.75) is 50.5 Å². The van der Waals surface area contributed by atoms with Crippen LogP contribution in [0.15, 0.2) is 59.5 Å². The molecule has 5 aromatic rings. The molecule has 0 bridgehead atoms. The Kier molecular flexibility index (Phi) is 8.10. The van der Waals surface area contributed by atoms with Crippen molar-refractivity contribution < 1.29 is 41.8 Å². The molecule has 2 aromatic heterocycles. The van der Waals surface area contributed by atoms with Gasteiger partial charge in [0.05, 0.1) is 22.7 Å². The van der Waals surface area contributed by atoms with Crippen molar-refractivity contribution in [2.75, 3.05) is 29.5 Å². The molecular weight excluding hydrogens is 682 g/mol. The average molecular weight is 716 g/mol. The summed E-state index contributed by atoms with van der Waals surface area (Å²) >= 11 is 0. The summed E-state index contributed by atoms with van der Waals surface area (Å²) in [4.78, 5) is 58.7. The fourth-order valence-electron chi connectivity index (χ4n) is 6.68. The maximum absolute atomic E-state index is 14.0. The number of nitrogens with zero attached hydrogens (tertiary/aromatic N) is 3. The minimum Gasteiger partial charge on any atom is -0.461 e. The number of carbonyl (C=O) groups is 3. The molecule has 3 N–H and O–H groups in total. The molecular formula is C35H33N5O10S. The van der Waals surface area contributed by atoms with Gasteiger partial charge in [0.1, 0.15) is 21.9 Å². The molecule has 2 aliphatic rings. The lowest BCUT2D eigenvalue weighted by molar-refractivity contribution is -0.384. The number of H-pyrrole nitrogens is 2. The molecule has 7 rings (SSSR count). The number of carbonyl (C=O) groups excluding carboxylic acids is 3. The Morgan fingerprint density at radius 2 is 1.57 bits per heavy atom. The Balaban J connectivity index is 1.13. The van der Waals surface area contributed by atoms with Gasteiger partial charge in [0, 0.05) is 53.6 Å². The highest BCUT2D eigenvalue weighted by atomic mass is 32.2. The molecule has 4 heterocycles. The smallest absolute Gasteiger partial charge is 0.414 e. The maximum atomic E-state index is 14.0. The zero-order valence-electron chi connectivity index (χ0n) is 27.8. The number of anilines is 2. The van der Waals surface area contributed by atoms with E-state index in [1.165, 1.54) is 23.1 Å². The number of aromatic amines is 2. The molecule has 15 nitrogen and oxygen atoms in total. The summed E-state index contributed by atoms with van der Waals surface area (Å²) in [5, 5.41) is 12.0. The summed E-state index contributed by atoms with van der Waals surface area (Å²) in [7, 11) is -4.77. The molecule has 0 saturated heterocycles. The minimum absolute atomic E-state index is 0.0226. The summed E-state index contributed by atoms with van der Waals surface area (Å²) in [5.74, 6) is -0.999. The first-order chi connectivity index (χ1) is 24.1. The average Bonchev–Trinajstić information content (AvgIpc) is 3.86. The van der Waals surface area contributed by atoms with Gasteiger partial charge in [-0.1, -0.05) is 12.1 Å². The number of ether oxygens (including phenoxy) is 2. The number of amides is 2. The molecule has 2 aliphatic heterocycles. The van der Waals surface area contributed by atoms with E-state index in [2.05, 4.69) is 9.97 Å². The Bertz CT molecular complexity index is 2390. The van der Waals surface area contributed by atoms with Crippen LogP contribution in [0.4, 0.5) is 21.9 Å². The van der Waals surface area contributed by atoms with Crippen molar-refractivity contribution >= 4 is 67.0 Å². The van der Waals surface area contributed by atoms with Crippen LogP contribution in [0.25, 0.3) is 21.8 Å². The molecule has 16 heteroatoms. The molecule has 2 amide bonds. The second-order valence-electron chi connectivity index (χ2n) is 13.4. The van der Waals surface area contributed by atoms with Crippen molar-refractivity contribution in [1.82, 2.24) is 9.97 Å². The molecule has 264 valence electrons. The van der Waals surface area contributed by atoms with E-state index in [-0.39, 0.29) is 41.4 Å². The molecule has 0 atom stereocenters. The number of nitro benzene ring substituents is 1. The van der Waals surface area contributed by atoms with Gasteiger partial charge >= 0.3 is 12.1 Å². The Hall–Kier alpha value is -5.74. The predicted octanol–water partition coefficient (Wildman–Crippen LogP) is 5.70. The normalized spacial score (nSPS) is 14.2. The number of aromatic nitrogens is 2. The number of rotatable bonds is 7. The topological polar surface area (TPSA) is 205 Å². The van der Waals surface area contributed by atoms with Gasteiger partial charge in [-0.2, -0.15) is 8.42 Å². The lowest BCUT2D eigenvalue weighted by atomic mass is 10.1.